The van der Waals surface area contributed by atoms with Crippen molar-refractivity contribution in [3.63, 3.8) is 0 Å². The molecule has 1 heterocycles. The number of guanidine groups is 1. The molecule has 0 radical (unpaired) electrons. The van der Waals surface area contributed by atoms with Gasteiger partial charge in [-0.3, -0.25) is 4.99 Å². The molecular weight excluding hydrogens is 417 g/mol. The molecule has 0 spiro atoms. The molecule has 1 saturated heterocycles. The van der Waals surface area contributed by atoms with Gasteiger partial charge in [0.25, 0.3) is 0 Å². The average Bonchev–Trinajstić information content (AvgIpc) is 2.70. The first kappa shape index (κ1) is 24.5. The van der Waals surface area contributed by atoms with E-state index in [9.17, 15) is 21.6 Å². The molecule has 2 N–H and O–H groups in total. The van der Waals surface area contributed by atoms with Gasteiger partial charge in [0.1, 0.15) is 0 Å². The number of aliphatic imine (C=N–C) groups is 1. The van der Waals surface area contributed by atoms with Crippen LogP contribution >= 0.6 is 0 Å². The summed E-state index contributed by atoms with van der Waals surface area (Å²) < 4.78 is 61.6. The van der Waals surface area contributed by atoms with E-state index in [2.05, 4.69) is 41.6 Å². The largest absolute Gasteiger partial charge is 0.511 e. The van der Waals surface area contributed by atoms with Gasteiger partial charge in [-0.1, -0.05) is 44.2 Å². The molecule has 1 unspecified atom stereocenters. The second kappa shape index (κ2) is 10.5. The summed E-state index contributed by atoms with van der Waals surface area (Å²) in [5, 5.41) is 6.54. The lowest BCUT2D eigenvalue weighted by Gasteiger charge is -2.32. The fraction of sp³-hybridized carbons (Fsp3) is 0.650. The van der Waals surface area contributed by atoms with Gasteiger partial charge in [0.2, 0.25) is 0 Å². The Morgan fingerprint density at radius 1 is 1.17 bits per heavy atom. The number of hydrogen-bond donors (Lipinski definition) is 2. The van der Waals surface area contributed by atoms with Crippen molar-refractivity contribution in [2.24, 2.45) is 16.8 Å². The number of rotatable bonds is 7. The molecule has 170 valence electrons. The SMILES string of the molecule is CN=C(NCC1CCN(S(=O)(=O)C(F)(F)F)CC1)NCC(c1ccccc1)C(C)C. The zero-order chi connectivity index (χ0) is 22.4. The highest BCUT2D eigenvalue weighted by Gasteiger charge is 2.50. The van der Waals surface area contributed by atoms with E-state index in [1.807, 2.05) is 18.2 Å². The molecule has 1 fully saturated rings. The predicted octanol–water partition coefficient (Wildman–Crippen LogP) is 3.15. The van der Waals surface area contributed by atoms with Gasteiger partial charge in [-0.2, -0.15) is 17.5 Å². The molecule has 0 aliphatic carbocycles. The number of benzene rings is 1. The highest BCUT2D eigenvalue weighted by atomic mass is 32.2. The summed E-state index contributed by atoms with van der Waals surface area (Å²) in [6, 6.07) is 10.2. The van der Waals surface area contributed by atoms with Crippen molar-refractivity contribution in [3.05, 3.63) is 35.9 Å². The third-order valence-electron chi connectivity index (χ3n) is 5.51. The lowest BCUT2D eigenvalue weighted by Crippen LogP contribution is -2.47. The Kier molecular flexibility index (Phi) is 8.54. The van der Waals surface area contributed by atoms with Gasteiger partial charge >= 0.3 is 15.5 Å². The summed E-state index contributed by atoms with van der Waals surface area (Å²) in [6.07, 6.45) is 0.746. The number of hydrogen-bond acceptors (Lipinski definition) is 3. The van der Waals surface area contributed by atoms with Gasteiger partial charge in [0.05, 0.1) is 0 Å². The maximum Gasteiger partial charge on any atom is 0.511 e. The minimum absolute atomic E-state index is 0.0817. The van der Waals surface area contributed by atoms with E-state index in [-0.39, 0.29) is 19.0 Å². The number of halogens is 3. The number of alkyl halides is 3. The van der Waals surface area contributed by atoms with Crippen molar-refractivity contribution in [3.8, 4) is 0 Å². The molecule has 0 bridgehead atoms. The van der Waals surface area contributed by atoms with Gasteiger partial charge in [-0.25, -0.2) is 8.42 Å². The van der Waals surface area contributed by atoms with E-state index in [0.29, 0.717) is 48.0 Å². The lowest BCUT2D eigenvalue weighted by atomic mass is 9.88. The third kappa shape index (κ3) is 6.34. The van der Waals surface area contributed by atoms with E-state index in [1.165, 1.54) is 5.56 Å². The van der Waals surface area contributed by atoms with Crippen LogP contribution in [-0.4, -0.2) is 57.4 Å². The standard InChI is InChI=1S/C20H31F3N4O2S/c1-15(2)18(17-7-5-4-6-8-17)14-26-19(24-3)25-13-16-9-11-27(12-10-16)30(28,29)20(21,22)23/h4-8,15-16,18H,9-14H2,1-3H3,(H2,24,25,26). The number of piperidine rings is 1. The van der Waals surface area contributed by atoms with Gasteiger partial charge < -0.3 is 10.6 Å². The summed E-state index contributed by atoms with van der Waals surface area (Å²) in [5.74, 6) is 1.44. The summed E-state index contributed by atoms with van der Waals surface area (Å²) in [4.78, 5) is 4.22. The summed E-state index contributed by atoms with van der Waals surface area (Å²) >= 11 is 0. The van der Waals surface area contributed by atoms with Crippen molar-refractivity contribution >= 4 is 16.0 Å². The Morgan fingerprint density at radius 2 is 1.77 bits per heavy atom. The van der Waals surface area contributed by atoms with Crippen molar-refractivity contribution in [1.29, 1.82) is 0 Å². The molecule has 10 heteroatoms. The second-order valence-electron chi connectivity index (χ2n) is 7.89. The number of nitrogens with one attached hydrogen (secondary N) is 2. The highest BCUT2D eigenvalue weighted by molar-refractivity contribution is 7.90. The topological polar surface area (TPSA) is 73.8 Å². The van der Waals surface area contributed by atoms with E-state index in [4.69, 9.17) is 0 Å². The van der Waals surface area contributed by atoms with E-state index < -0.39 is 15.5 Å². The average molecular weight is 449 g/mol. The van der Waals surface area contributed by atoms with Gasteiger partial charge in [-0.15, -0.1) is 0 Å². The monoisotopic (exact) mass is 448 g/mol. The number of sulfonamides is 1. The Labute approximate surface area is 177 Å². The first-order chi connectivity index (χ1) is 14.1. The maximum absolute atomic E-state index is 12.7. The van der Waals surface area contributed by atoms with Crippen molar-refractivity contribution in [1.82, 2.24) is 14.9 Å². The Bertz CT molecular complexity index is 790. The molecule has 1 atom stereocenters. The van der Waals surface area contributed by atoms with Crippen LogP contribution in [0.2, 0.25) is 0 Å². The van der Waals surface area contributed by atoms with Crippen LogP contribution in [0, 0.1) is 11.8 Å². The van der Waals surface area contributed by atoms with Gasteiger partial charge in [0, 0.05) is 39.1 Å². The normalized spacial score (nSPS) is 18.4. The number of nitrogens with zero attached hydrogens (tertiary/aromatic N) is 2. The van der Waals surface area contributed by atoms with E-state index in [0.717, 1.165) is 0 Å². The fourth-order valence-electron chi connectivity index (χ4n) is 3.61. The zero-order valence-electron chi connectivity index (χ0n) is 17.6. The molecule has 0 saturated carbocycles. The molecule has 1 aromatic carbocycles. The highest BCUT2D eigenvalue weighted by Crippen LogP contribution is 2.30. The van der Waals surface area contributed by atoms with Gasteiger partial charge in [0.15, 0.2) is 5.96 Å². The second-order valence-corrected chi connectivity index (χ2v) is 9.82. The van der Waals surface area contributed by atoms with Crippen LogP contribution in [0.15, 0.2) is 35.3 Å². The molecule has 0 amide bonds. The Balaban J connectivity index is 1.83. The Morgan fingerprint density at radius 3 is 2.27 bits per heavy atom. The maximum atomic E-state index is 12.7. The van der Waals surface area contributed by atoms with Crippen LogP contribution in [-0.2, 0) is 10.0 Å². The van der Waals surface area contributed by atoms with Crippen LogP contribution in [0.1, 0.15) is 38.2 Å². The van der Waals surface area contributed by atoms with E-state index >= 15 is 0 Å². The third-order valence-corrected chi connectivity index (χ3v) is 7.14. The molecule has 1 aromatic rings. The van der Waals surface area contributed by atoms with Crippen LogP contribution in [0.3, 0.4) is 0 Å². The molecule has 1 aliphatic heterocycles. The van der Waals surface area contributed by atoms with Crippen LogP contribution in [0.25, 0.3) is 0 Å². The van der Waals surface area contributed by atoms with Crippen molar-refractivity contribution in [2.75, 3.05) is 33.2 Å². The first-order valence-corrected chi connectivity index (χ1v) is 11.6. The molecule has 6 nitrogen and oxygen atoms in total. The van der Waals surface area contributed by atoms with Crippen LogP contribution < -0.4 is 10.6 Å². The lowest BCUT2D eigenvalue weighted by molar-refractivity contribution is -0.0496. The smallest absolute Gasteiger partial charge is 0.356 e. The minimum Gasteiger partial charge on any atom is -0.356 e. The van der Waals surface area contributed by atoms with Crippen LogP contribution in [0.4, 0.5) is 13.2 Å². The van der Waals surface area contributed by atoms with Crippen molar-refractivity contribution in [2.45, 2.75) is 38.1 Å². The predicted molar refractivity (Wildman–Crippen MR) is 113 cm³/mol. The summed E-state index contributed by atoms with van der Waals surface area (Å²) in [7, 11) is -3.57. The summed E-state index contributed by atoms with van der Waals surface area (Å²) in [5.41, 5.74) is -4.00. The summed E-state index contributed by atoms with van der Waals surface area (Å²) in [6.45, 7) is 5.31. The molecule has 2 rings (SSSR count). The molecule has 1 aliphatic rings. The Hall–Kier alpha value is -1.81. The van der Waals surface area contributed by atoms with Crippen molar-refractivity contribution < 1.29 is 21.6 Å². The fourth-order valence-corrected chi connectivity index (χ4v) is 4.59. The molecule has 30 heavy (non-hydrogen) atoms. The minimum atomic E-state index is -5.24. The molecule has 0 aromatic heterocycles. The first-order valence-electron chi connectivity index (χ1n) is 10.1. The van der Waals surface area contributed by atoms with Crippen LogP contribution in [0.5, 0.6) is 0 Å². The van der Waals surface area contributed by atoms with Gasteiger partial charge in [-0.05, 0) is 30.2 Å². The molecular formula is C20H31F3N4O2S. The quantitative estimate of drug-likeness (QED) is 0.497. The van der Waals surface area contributed by atoms with E-state index in [1.54, 1.807) is 7.05 Å². The zero-order valence-corrected chi connectivity index (χ0v) is 18.4.